The molecule has 6 heteroatoms. The van der Waals surface area contributed by atoms with Crippen molar-refractivity contribution in [1.82, 2.24) is 10.3 Å². The molecular weight excluding hydrogens is 303 g/mol. The molecule has 2 aromatic heterocycles. The fourth-order valence-electron chi connectivity index (χ4n) is 2.36. The lowest BCUT2D eigenvalue weighted by molar-refractivity contribution is 0.0912. The number of amides is 1. The first-order valence-electron chi connectivity index (χ1n) is 6.82. The lowest BCUT2D eigenvalue weighted by Crippen LogP contribution is -2.28. The number of rotatable bonds is 4. The molecule has 0 aliphatic carbocycles. The van der Waals surface area contributed by atoms with Gasteiger partial charge in [0.05, 0.1) is 6.10 Å². The standard InChI is InChI=1S/C16H15FN2O2S/c1-9-4-11(17)5-13-12(9)6-14(19-13)16(21)18-7-15(20)10-2-3-22-8-10/h2-6,8,15,19-20H,7H2,1H3,(H,18,21)/t15-/m0/s1. The van der Waals surface area contributed by atoms with E-state index >= 15 is 0 Å². The topological polar surface area (TPSA) is 65.1 Å². The van der Waals surface area contributed by atoms with E-state index in [0.717, 1.165) is 16.5 Å². The second kappa shape index (κ2) is 5.90. The monoisotopic (exact) mass is 318 g/mol. The molecule has 0 radical (unpaired) electrons. The lowest BCUT2D eigenvalue weighted by atomic mass is 10.1. The van der Waals surface area contributed by atoms with E-state index in [1.807, 2.05) is 16.8 Å². The molecule has 0 spiro atoms. The minimum atomic E-state index is -0.737. The molecule has 0 bridgehead atoms. The highest BCUT2D eigenvalue weighted by Crippen LogP contribution is 2.21. The zero-order chi connectivity index (χ0) is 15.7. The average Bonchev–Trinajstić information content (AvgIpc) is 3.13. The SMILES string of the molecule is Cc1cc(F)cc2[nH]c(C(=O)NC[C@H](O)c3ccsc3)cc12. The molecule has 22 heavy (non-hydrogen) atoms. The molecule has 3 rings (SSSR count). The Kier molecular flexibility index (Phi) is 3.96. The maximum Gasteiger partial charge on any atom is 0.267 e. The minimum absolute atomic E-state index is 0.123. The number of aromatic amines is 1. The molecular formula is C16H15FN2O2S. The van der Waals surface area contributed by atoms with Crippen LogP contribution in [0.3, 0.4) is 0 Å². The quantitative estimate of drug-likeness (QED) is 0.692. The predicted molar refractivity (Wildman–Crippen MR) is 84.6 cm³/mol. The molecule has 0 saturated carbocycles. The Hall–Kier alpha value is -2.18. The van der Waals surface area contributed by atoms with Crippen LogP contribution < -0.4 is 5.32 Å². The molecule has 1 amide bonds. The second-order valence-corrected chi connectivity index (χ2v) is 5.93. The first kappa shape index (κ1) is 14.7. The Labute approximate surface area is 130 Å². The Bertz CT molecular complexity index is 811. The van der Waals surface area contributed by atoms with Crippen LogP contribution in [0.5, 0.6) is 0 Å². The molecule has 0 unspecified atom stereocenters. The summed E-state index contributed by atoms with van der Waals surface area (Å²) in [5, 5.41) is 17.2. The van der Waals surface area contributed by atoms with E-state index in [9.17, 15) is 14.3 Å². The van der Waals surface area contributed by atoms with Crippen molar-refractivity contribution in [3.05, 3.63) is 57.7 Å². The van der Waals surface area contributed by atoms with Crippen molar-refractivity contribution in [3.63, 3.8) is 0 Å². The van der Waals surface area contributed by atoms with E-state index in [1.54, 1.807) is 13.0 Å². The van der Waals surface area contributed by atoms with Crippen molar-refractivity contribution in [2.24, 2.45) is 0 Å². The van der Waals surface area contributed by atoms with Crippen LogP contribution in [0, 0.1) is 12.7 Å². The number of aryl methyl sites for hydroxylation is 1. The Morgan fingerprint density at radius 1 is 1.45 bits per heavy atom. The number of hydrogen-bond donors (Lipinski definition) is 3. The number of thiophene rings is 1. The summed E-state index contributed by atoms with van der Waals surface area (Å²) in [7, 11) is 0. The number of H-pyrrole nitrogens is 1. The molecule has 3 aromatic rings. The molecule has 1 atom stereocenters. The number of fused-ring (bicyclic) bond motifs is 1. The van der Waals surface area contributed by atoms with E-state index in [2.05, 4.69) is 10.3 Å². The summed E-state index contributed by atoms with van der Waals surface area (Å²) in [6.07, 6.45) is -0.737. The number of aliphatic hydroxyl groups is 1. The summed E-state index contributed by atoms with van der Waals surface area (Å²) in [5.74, 6) is -0.669. The van der Waals surface area contributed by atoms with E-state index < -0.39 is 6.10 Å². The number of hydrogen-bond acceptors (Lipinski definition) is 3. The molecule has 4 nitrogen and oxygen atoms in total. The summed E-state index contributed by atoms with van der Waals surface area (Å²) >= 11 is 1.49. The van der Waals surface area contributed by atoms with Gasteiger partial charge in [0, 0.05) is 17.4 Å². The second-order valence-electron chi connectivity index (χ2n) is 5.15. The summed E-state index contributed by atoms with van der Waals surface area (Å²) in [6.45, 7) is 1.92. The van der Waals surface area contributed by atoms with Crippen LogP contribution in [0.4, 0.5) is 4.39 Å². The van der Waals surface area contributed by atoms with Crippen molar-refractivity contribution >= 4 is 28.1 Å². The third kappa shape index (κ3) is 2.88. The van der Waals surface area contributed by atoms with Crippen molar-refractivity contribution in [3.8, 4) is 0 Å². The summed E-state index contributed by atoms with van der Waals surface area (Å²) in [4.78, 5) is 15.0. The Morgan fingerprint density at radius 3 is 3.00 bits per heavy atom. The van der Waals surface area contributed by atoms with Crippen LogP contribution in [-0.4, -0.2) is 22.5 Å². The number of carbonyl (C=O) groups is 1. The molecule has 0 fully saturated rings. The van der Waals surface area contributed by atoms with E-state index in [4.69, 9.17) is 0 Å². The van der Waals surface area contributed by atoms with Gasteiger partial charge in [-0.15, -0.1) is 0 Å². The molecule has 2 heterocycles. The number of carbonyl (C=O) groups excluding carboxylic acids is 1. The van der Waals surface area contributed by atoms with Crippen LogP contribution in [0.25, 0.3) is 10.9 Å². The largest absolute Gasteiger partial charge is 0.387 e. The van der Waals surface area contributed by atoms with Gasteiger partial charge in [-0.25, -0.2) is 4.39 Å². The highest BCUT2D eigenvalue weighted by Gasteiger charge is 2.14. The molecule has 0 saturated heterocycles. The van der Waals surface area contributed by atoms with Gasteiger partial charge in [-0.2, -0.15) is 11.3 Å². The van der Waals surface area contributed by atoms with E-state index in [1.165, 1.54) is 23.5 Å². The van der Waals surface area contributed by atoms with Gasteiger partial charge in [-0.3, -0.25) is 4.79 Å². The van der Waals surface area contributed by atoms with Gasteiger partial charge >= 0.3 is 0 Å². The van der Waals surface area contributed by atoms with Gasteiger partial charge in [-0.05, 0) is 53.1 Å². The molecule has 1 aromatic carbocycles. The zero-order valence-corrected chi connectivity index (χ0v) is 12.7. The maximum atomic E-state index is 13.4. The van der Waals surface area contributed by atoms with Crippen LogP contribution in [0.15, 0.2) is 35.0 Å². The third-order valence-electron chi connectivity index (χ3n) is 3.54. The number of benzene rings is 1. The van der Waals surface area contributed by atoms with Gasteiger partial charge in [0.15, 0.2) is 0 Å². The highest BCUT2D eigenvalue weighted by atomic mass is 32.1. The number of nitrogens with one attached hydrogen (secondary N) is 2. The molecule has 114 valence electrons. The average molecular weight is 318 g/mol. The van der Waals surface area contributed by atoms with Crippen molar-refractivity contribution in [2.45, 2.75) is 13.0 Å². The van der Waals surface area contributed by atoms with Crippen LogP contribution in [0.1, 0.15) is 27.7 Å². The van der Waals surface area contributed by atoms with Gasteiger partial charge < -0.3 is 15.4 Å². The maximum absolute atomic E-state index is 13.4. The van der Waals surface area contributed by atoms with E-state index in [-0.39, 0.29) is 18.3 Å². The number of halogens is 1. The third-order valence-corrected chi connectivity index (χ3v) is 4.24. The number of aromatic nitrogens is 1. The molecule has 0 aliphatic heterocycles. The lowest BCUT2D eigenvalue weighted by Gasteiger charge is -2.09. The Balaban J connectivity index is 1.74. The zero-order valence-electron chi connectivity index (χ0n) is 11.9. The van der Waals surface area contributed by atoms with Gasteiger partial charge in [0.1, 0.15) is 11.5 Å². The predicted octanol–water partition coefficient (Wildman–Crippen LogP) is 3.14. The summed E-state index contributed by atoms with van der Waals surface area (Å²) in [5.41, 5.74) is 2.48. The van der Waals surface area contributed by atoms with Crippen molar-refractivity contribution in [2.75, 3.05) is 6.54 Å². The summed E-state index contributed by atoms with van der Waals surface area (Å²) < 4.78 is 13.4. The fraction of sp³-hybridized carbons (Fsp3) is 0.188. The normalized spacial score (nSPS) is 12.5. The van der Waals surface area contributed by atoms with Gasteiger partial charge in [-0.1, -0.05) is 0 Å². The Morgan fingerprint density at radius 2 is 2.27 bits per heavy atom. The van der Waals surface area contributed by atoms with Crippen molar-refractivity contribution in [1.29, 1.82) is 0 Å². The first-order chi connectivity index (χ1) is 10.5. The minimum Gasteiger partial charge on any atom is -0.387 e. The molecule has 0 aliphatic rings. The van der Waals surface area contributed by atoms with Crippen LogP contribution in [0.2, 0.25) is 0 Å². The van der Waals surface area contributed by atoms with Crippen LogP contribution in [-0.2, 0) is 0 Å². The van der Waals surface area contributed by atoms with Gasteiger partial charge in [0.2, 0.25) is 0 Å². The van der Waals surface area contributed by atoms with E-state index in [0.29, 0.717) is 11.2 Å². The smallest absolute Gasteiger partial charge is 0.267 e. The van der Waals surface area contributed by atoms with Crippen LogP contribution >= 0.6 is 11.3 Å². The number of aliphatic hydroxyl groups excluding tert-OH is 1. The fourth-order valence-corrected chi connectivity index (χ4v) is 3.07. The molecule has 3 N–H and O–H groups in total. The summed E-state index contributed by atoms with van der Waals surface area (Å²) in [6, 6.07) is 6.30. The first-order valence-corrected chi connectivity index (χ1v) is 7.76. The highest BCUT2D eigenvalue weighted by molar-refractivity contribution is 7.07. The van der Waals surface area contributed by atoms with Gasteiger partial charge in [0.25, 0.3) is 5.91 Å². The van der Waals surface area contributed by atoms with Crippen molar-refractivity contribution < 1.29 is 14.3 Å².